The van der Waals surface area contributed by atoms with Gasteiger partial charge in [0.1, 0.15) is 5.75 Å². The molecular weight excluding hydrogens is 423 g/mol. The van der Waals surface area contributed by atoms with Gasteiger partial charge in [-0.15, -0.1) is 23.4 Å². The second-order valence-electron chi connectivity index (χ2n) is 7.20. The van der Waals surface area contributed by atoms with Gasteiger partial charge in [0.05, 0.1) is 5.69 Å². The van der Waals surface area contributed by atoms with E-state index in [0.29, 0.717) is 11.4 Å². The van der Waals surface area contributed by atoms with E-state index in [2.05, 4.69) is 30.5 Å². The van der Waals surface area contributed by atoms with Crippen molar-refractivity contribution in [2.45, 2.75) is 19.2 Å². The molecule has 7 nitrogen and oxygen atoms in total. The number of urea groups is 1. The lowest BCUT2D eigenvalue weighted by molar-refractivity contribution is -0.274. The highest BCUT2D eigenvalue weighted by molar-refractivity contribution is 5.99. The Morgan fingerprint density at radius 3 is 1.97 bits per heavy atom. The molecule has 1 aliphatic heterocycles. The van der Waals surface area contributed by atoms with Gasteiger partial charge < -0.3 is 20.3 Å². The Bertz CT molecular complexity index is 1050. The molecule has 166 valence electrons. The van der Waals surface area contributed by atoms with E-state index in [1.54, 1.807) is 12.1 Å². The number of ether oxygens (including phenoxy) is 1. The number of carbonyl (C=O) groups excluding carboxylic acids is 1. The van der Waals surface area contributed by atoms with Gasteiger partial charge in [-0.05, 0) is 61.4 Å². The van der Waals surface area contributed by atoms with Crippen LogP contribution in [0.1, 0.15) is 12.8 Å². The molecule has 1 aromatic heterocycles. The second kappa shape index (κ2) is 9.13. The van der Waals surface area contributed by atoms with Crippen LogP contribution in [0.15, 0.2) is 60.7 Å². The number of nitrogens with one attached hydrogen (secondary N) is 2. The minimum Gasteiger partial charge on any atom is -0.406 e. The third kappa shape index (κ3) is 5.65. The third-order valence-corrected chi connectivity index (χ3v) is 4.86. The Morgan fingerprint density at radius 1 is 0.844 bits per heavy atom. The summed E-state index contributed by atoms with van der Waals surface area (Å²) in [6.45, 7) is 2.00. The highest BCUT2D eigenvalue weighted by Crippen LogP contribution is 2.25. The lowest BCUT2D eigenvalue weighted by atomic mass is 10.1. The standard InChI is InChI=1S/C22H20F3N5O2/c23-22(24,25)32-18-9-7-17(8-10-18)27-21(31)26-16-5-3-15(4-6-16)19-11-12-20(29-28-19)30-13-1-2-14-30/h3-12H,1-2,13-14H2,(H2,26,27,31). The number of halogens is 3. The number of anilines is 3. The first kappa shape index (κ1) is 21.4. The maximum absolute atomic E-state index is 12.2. The normalized spacial score (nSPS) is 13.7. The Hall–Kier alpha value is -3.82. The fourth-order valence-corrected chi connectivity index (χ4v) is 3.35. The highest BCUT2D eigenvalue weighted by Gasteiger charge is 2.30. The van der Waals surface area contributed by atoms with Crippen LogP contribution in [0.5, 0.6) is 5.75 Å². The van der Waals surface area contributed by atoms with E-state index in [-0.39, 0.29) is 5.75 Å². The molecule has 0 atom stereocenters. The minimum atomic E-state index is -4.76. The predicted molar refractivity (Wildman–Crippen MR) is 115 cm³/mol. The molecule has 32 heavy (non-hydrogen) atoms. The molecule has 0 radical (unpaired) electrons. The molecule has 1 aliphatic rings. The quantitative estimate of drug-likeness (QED) is 0.561. The molecule has 4 rings (SSSR count). The average molecular weight is 443 g/mol. The molecule has 0 unspecified atom stereocenters. The van der Waals surface area contributed by atoms with E-state index in [1.165, 1.54) is 25.0 Å². The van der Waals surface area contributed by atoms with E-state index in [1.807, 2.05) is 24.3 Å². The van der Waals surface area contributed by atoms with Crippen molar-refractivity contribution in [2.75, 3.05) is 28.6 Å². The molecule has 0 bridgehead atoms. The maximum atomic E-state index is 12.2. The largest absolute Gasteiger partial charge is 0.573 e. The van der Waals surface area contributed by atoms with Crippen molar-refractivity contribution in [3.8, 4) is 17.0 Å². The Morgan fingerprint density at radius 2 is 1.44 bits per heavy atom. The zero-order chi connectivity index (χ0) is 22.6. The average Bonchev–Trinajstić information content (AvgIpc) is 3.30. The molecule has 2 amide bonds. The summed E-state index contributed by atoms with van der Waals surface area (Å²) in [5, 5.41) is 13.8. The van der Waals surface area contributed by atoms with Gasteiger partial charge in [0, 0.05) is 30.0 Å². The van der Waals surface area contributed by atoms with E-state index in [0.717, 1.165) is 42.3 Å². The van der Waals surface area contributed by atoms with Crippen molar-refractivity contribution in [1.29, 1.82) is 0 Å². The summed E-state index contributed by atoms with van der Waals surface area (Å²) in [5.41, 5.74) is 2.45. The van der Waals surface area contributed by atoms with Crippen molar-refractivity contribution >= 4 is 23.2 Å². The summed E-state index contributed by atoms with van der Waals surface area (Å²) < 4.78 is 40.4. The number of hydrogen-bond acceptors (Lipinski definition) is 5. The van der Waals surface area contributed by atoms with Crippen LogP contribution in [-0.2, 0) is 0 Å². The fraction of sp³-hybridized carbons (Fsp3) is 0.227. The van der Waals surface area contributed by atoms with Gasteiger partial charge >= 0.3 is 12.4 Å². The van der Waals surface area contributed by atoms with Crippen molar-refractivity contribution in [2.24, 2.45) is 0 Å². The number of benzene rings is 2. The molecule has 1 fully saturated rings. The van der Waals surface area contributed by atoms with Crippen LogP contribution in [0.4, 0.5) is 35.2 Å². The van der Waals surface area contributed by atoms with Crippen LogP contribution in [-0.4, -0.2) is 35.7 Å². The zero-order valence-electron chi connectivity index (χ0n) is 16.9. The summed E-state index contributed by atoms with van der Waals surface area (Å²) in [6.07, 6.45) is -2.42. The van der Waals surface area contributed by atoms with E-state index in [4.69, 9.17) is 0 Å². The second-order valence-corrected chi connectivity index (χ2v) is 7.20. The summed E-state index contributed by atoms with van der Waals surface area (Å²) in [7, 11) is 0. The van der Waals surface area contributed by atoms with Crippen molar-refractivity contribution < 1.29 is 22.7 Å². The first-order chi connectivity index (χ1) is 15.4. The number of amides is 2. The molecule has 2 N–H and O–H groups in total. The zero-order valence-corrected chi connectivity index (χ0v) is 16.9. The molecule has 0 saturated carbocycles. The van der Waals surface area contributed by atoms with Crippen LogP contribution in [0.2, 0.25) is 0 Å². The number of alkyl halides is 3. The van der Waals surface area contributed by atoms with Gasteiger partial charge in [-0.25, -0.2) is 4.79 Å². The van der Waals surface area contributed by atoms with Crippen LogP contribution in [0.25, 0.3) is 11.3 Å². The smallest absolute Gasteiger partial charge is 0.406 e. The van der Waals surface area contributed by atoms with Gasteiger partial charge in [0.2, 0.25) is 0 Å². The third-order valence-electron chi connectivity index (χ3n) is 4.86. The van der Waals surface area contributed by atoms with Crippen LogP contribution in [0, 0.1) is 0 Å². The van der Waals surface area contributed by atoms with E-state index in [9.17, 15) is 18.0 Å². The number of aromatic nitrogens is 2. The van der Waals surface area contributed by atoms with E-state index < -0.39 is 12.4 Å². The molecule has 2 aromatic carbocycles. The predicted octanol–water partition coefficient (Wildman–Crippen LogP) is 5.29. The number of rotatable bonds is 5. The van der Waals surface area contributed by atoms with Crippen LogP contribution < -0.4 is 20.3 Å². The molecule has 0 spiro atoms. The van der Waals surface area contributed by atoms with Crippen LogP contribution in [0.3, 0.4) is 0 Å². The topological polar surface area (TPSA) is 79.4 Å². The van der Waals surface area contributed by atoms with Gasteiger partial charge in [-0.3, -0.25) is 0 Å². The first-order valence-corrected chi connectivity index (χ1v) is 9.99. The summed E-state index contributed by atoms with van der Waals surface area (Å²) in [5.74, 6) is 0.509. The maximum Gasteiger partial charge on any atom is 0.573 e. The van der Waals surface area contributed by atoms with Gasteiger partial charge in [0.25, 0.3) is 0 Å². The molecule has 3 aromatic rings. The Balaban J connectivity index is 1.32. The molecule has 1 saturated heterocycles. The first-order valence-electron chi connectivity index (χ1n) is 9.99. The molecular formula is C22H20F3N5O2. The molecule has 2 heterocycles. The summed E-state index contributed by atoms with van der Waals surface area (Å²) >= 11 is 0. The highest BCUT2D eigenvalue weighted by atomic mass is 19.4. The molecule has 0 aliphatic carbocycles. The van der Waals surface area contributed by atoms with Crippen molar-refractivity contribution in [3.63, 3.8) is 0 Å². The van der Waals surface area contributed by atoms with Crippen molar-refractivity contribution in [3.05, 3.63) is 60.7 Å². The fourth-order valence-electron chi connectivity index (χ4n) is 3.35. The summed E-state index contributed by atoms with van der Waals surface area (Å²) in [4.78, 5) is 14.4. The lowest BCUT2D eigenvalue weighted by Gasteiger charge is -2.15. The van der Waals surface area contributed by atoms with Crippen LogP contribution >= 0.6 is 0 Å². The van der Waals surface area contributed by atoms with E-state index >= 15 is 0 Å². The van der Waals surface area contributed by atoms with Gasteiger partial charge in [-0.1, -0.05) is 12.1 Å². The minimum absolute atomic E-state index is 0.321. The van der Waals surface area contributed by atoms with Gasteiger partial charge in [-0.2, -0.15) is 0 Å². The number of hydrogen-bond donors (Lipinski definition) is 2. The van der Waals surface area contributed by atoms with Crippen molar-refractivity contribution in [1.82, 2.24) is 10.2 Å². The number of carbonyl (C=O) groups is 1. The lowest BCUT2D eigenvalue weighted by Crippen LogP contribution is -2.19. The Kier molecular flexibility index (Phi) is 6.11. The number of nitrogens with zero attached hydrogens (tertiary/aromatic N) is 3. The summed E-state index contributed by atoms with van der Waals surface area (Å²) in [6, 6.07) is 15.3. The SMILES string of the molecule is O=C(Nc1ccc(OC(F)(F)F)cc1)Nc1ccc(-c2ccc(N3CCCC3)nn2)cc1. The molecule has 10 heteroatoms. The van der Waals surface area contributed by atoms with Gasteiger partial charge in [0.15, 0.2) is 5.82 Å². The Labute approximate surface area is 182 Å². The monoisotopic (exact) mass is 443 g/mol.